The van der Waals surface area contributed by atoms with E-state index >= 15 is 0 Å². The van der Waals surface area contributed by atoms with Gasteiger partial charge in [0.1, 0.15) is 5.75 Å². The monoisotopic (exact) mass is 506 g/mol. The summed E-state index contributed by atoms with van der Waals surface area (Å²) in [5, 5.41) is 0. The first-order valence-corrected chi connectivity index (χ1v) is 11.3. The Labute approximate surface area is 208 Å². The topological polar surface area (TPSA) is 71.1 Å². The molecule has 0 unspecified atom stereocenters. The number of ether oxygens (including phenoxy) is 1. The minimum atomic E-state index is -4.50. The summed E-state index contributed by atoms with van der Waals surface area (Å²) in [5.74, 6) is 0.502. The zero-order chi connectivity index (χ0) is 26.2. The van der Waals surface area contributed by atoms with E-state index in [9.17, 15) is 22.8 Å². The van der Waals surface area contributed by atoms with E-state index in [1.807, 2.05) is 6.07 Å². The van der Waals surface area contributed by atoms with Gasteiger partial charge in [-0.25, -0.2) is 14.3 Å². The number of hydrogen-bond donors (Lipinski definition) is 0. The fraction of sp³-hybridized carbons (Fsp3) is 0.148. The predicted octanol–water partition coefficient (Wildman–Crippen LogP) is 4.47. The molecule has 10 heteroatoms. The van der Waals surface area contributed by atoms with Crippen molar-refractivity contribution >= 4 is 11.2 Å². The molecule has 0 bridgehead atoms. The van der Waals surface area contributed by atoms with Crippen LogP contribution in [0.4, 0.5) is 13.2 Å². The van der Waals surface area contributed by atoms with Crippen LogP contribution in [0.15, 0.2) is 94.8 Å². The molecule has 37 heavy (non-hydrogen) atoms. The molecule has 7 nitrogen and oxygen atoms in total. The minimum absolute atomic E-state index is 0.00710. The van der Waals surface area contributed by atoms with Crippen molar-refractivity contribution in [3.05, 3.63) is 123 Å². The highest BCUT2D eigenvalue weighted by molar-refractivity contribution is 5.72. The van der Waals surface area contributed by atoms with E-state index < -0.39 is 23.0 Å². The lowest BCUT2D eigenvalue weighted by Crippen LogP contribution is -2.40. The quantitative estimate of drug-likeness (QED) is 0.341. The van der Waals surface area contributed by atoms with Crippen LogP contribution in [0.3, 0.4) is 0 Å². The van der Waals surface area contributed by atoms with Gasteiger partial charge < -0.3 is 9.30 Å². The van der Waals surface area contributed by atoms with Crippen LogP contribution in [0.25, 0.3) is 16.9 Å². The highest BCUT2D eigenvalue weighted by Crippen LogP contribution is 2.30. The van der Waals surface area contributed by atoms with Gasteiger partial charge >= 0.3 is 11.9 Å². The van der Waals surface area contributed by atoms with Crippen molar-refractivity contribution in [2.24, 2.45) is 0 Å². The number of halogens is 3. The molecule has 0 radical (unpaired) electrons. The maximum Gasteiger partial charge on any atom is 0.416 e. The Morgan fingerprint density at radius 1 is 0.865 bits per heavy atom. The van der Waals surface area contributed by atoms with Gasteiger partial charge in [0.15, 0.2) is 11.2 Å². The zero-order valence-electron chi connectivity index (χ0n) is 19.6. The molecule has 5 rings (SSSR count). The van der Waals surface area contributed by atoms with Crippen LogP contribution in [0.1, 0.15) is 16.7 Å². The number of imidazole rings is 1. The molecule has 0 N–H and O–H groups in total. The van der Waals surface area contributed by atoms with Crippen LogP contribution in [0, 0.1) is 0 Å². The first-order chi connectivity index (χ1) is 17.8. The second-order valence-electron chi connectivity index (χ2n) is 8.44. The molecule has 188 valence electrons. The number of alkyl halides is 3. The van der Waals surface area contributed by atoms with E-state index in [-0.39, 0.29) is 24.3 Å². The summed E-state index contributed by atoms with van der Waals surface area (Å²) in [6.45, 7) is -0.0372. The molecule has 0 amide bonds. The maximum atomic E-state index is 13.6. The molecule has 3 aromatic carbocycles. The zero-order valence-corrected chi connectivity index (χ0v) is 19.6. The number of benzene rings is 3. The van der Waals surface area contributed by atoms with Gasteiger partial charge in [0.2, 0.25) is 0 Å². The van der Waals surface area contributed by atoms with Gasteiger partial charge in [0.25, 0.3) is 5.56 Å². The summed E-state index contributed by atoms with van der Waals surface area (Å²) in [4.78, 5) is 31.6. The molecule has 0 aliphatic heterocycles. The average molecular weight is 506 g/mol. The SMILES string of the molecule is COc1cccc(-n2c(=O)n(Cc3ccccc3)c(=O)c3c2ncn3Cc2cccc(C(F)(F)F)c2)c1. The second kappa shape index (κ2) is 9.45. The van der Waals surface area contributed by atoms with Crippen molar-refractivity contribution in [3.63, 3.8) is 0 Å². The van der Waals surface area contributed by atoms with E-state index in [1.165, 1.54) is 28.6 Å². The lowest BCUT2D eigenvalue weighted by atomic mass is 10.1. The normalized spacial score (nSPS) is 11.7. The molecular weight excluding hydrogens is 485 g/mol. The molecule has 0 saturated heterocycles. The lowest BCUT2D eigenvalue weighted by Gasteiger charge is -2.14. The third-order valence-electron chi connectivity index (χ3n) is 6.00. The van der Waals surface area contributed by atoms with E-state index in [2.05, 4.69) is 4.98 Å². The smallest absolute Gasteiger partial charge is 0.416 e. The molecule has 5 aromatic rings. The van der Waals surface area contributed by atoms with Gasteiger partial charge in [-0.3, -0.25) is 9.36 Å². The molecular formula is C27H21F3N4O3. The first kappa shape index (κ1) is 24.1. The minimum Gasteiger partial charge on any atom is -0.497 e. The lowest BCUT2D eigenvalue weighted by molar-refractivity contribution is -0.137. The Kier molecular flexibility index (Phi) is 6.16. The van der Waals surface area contributed by atoms with Gasteiger partial charge in [-0.15, -0.1) is 0 Å². The molecule has 0 aliphatic rings. The Hall–Kier alpha value is -4.60. The third-order valence-corrected chi connectivity index (χ3v) is 6.00. The van der Waals surface area contributed by atoms with Crippen LogP contribution >= 0.6 is 0 Å². The predicted molar refractivity (Wildman–Crippen MR) is 132 cm³/mol. The number of fused-ring (bicyclic) bond motifs is 1. The summed E-state index contributed by atoms with van der Waals surface area (Å²) in [7, 11) is 1.50. The highest BCUT2D eigenvalue weighted by Gasteiger charge is 2.30. The fourth-order valence-electron chi connectivity index (χ4n) is 4.23. The number of rotatable bonds is 6. The van der Waals surface area contributed by atoms with Crippen molar-refractivity contribution in [3.8, 4) is 11.4 Å². The van der Waals surface area contributed by atoms with E-state index in [4.69, 9.17) is 4.74 Å². The highest BCUT2D eigenvalue weighted by atomic mass is 19.4. The summed E-state index contributed by atoms with van der Waals surface area (Å²) >= 11 is 0. The summed E-state index contributed by atoms with van der Waals surface area (Å²) in [6.07, 6.45) is -3.14. The number of methoxy groups -OCH3 is 1. The molecule has 0 aliphatic carbocycles. The molecule has 2 heterocycles. The Bertz CT molecular complexity index is 1700. The van der Waals surface area contributed by atoms with Crippen LogP contribution in [-0.2, 0) is 19.3 Å². The number of hydrogen-bond acceptors (Lipinski definition) is 4. The van der Waals surface area contributed by atoms with Gasteiger partial charge in [0.05, 0.1) is 31.2 Å². The Balaban J connectivity index is 1.73. The number of nitrogens with zero attached hydrogens (tertiary/aromatic N) is 4. The van der Waals surface area contributed by atoms with Crippen molar-refractivity contribution in [1.82, 2.24) is 18.7 Å². The summed E-state index contributed by atoms with van der Waals surface area (Å²) in [5.41, 5.74) is -0.282. The average Bonchev–Trinajstić information content (AvgIpc) is 3.30. The van der Waals surface area contributed by atoms with Gasteiger partial charge in [-0.05, 0) is 35.4 Å². The van der Waals surface area contributed by atoms with E-state index in [0.29, 0.717) is 17.0 Å². The molecule has 0 spiro atoms. The molecule has 2 aromatic heterocycles. The van der Waals surface area contributed by atoms with Gasteiger partial charge in [-0.2, -0.15) is 13.2 Å². The standard InChI is InChI=1S/C27H21F3N4O3/c1-37-22-12-6-11-21(14-22)34-24-23(25(35)33(26(34)36)16-18-7-3-2-4-8-18)32(17-31-24)15-19-9-5-10-20(13-19)27(28,29)30/h2-14,17H,15-16H2,1H3. The van der Waals surface area contributed by atoms with Crippen LogP contribution < -0.4 is 16.0 Å². The van der Waals surface area contributed by atoms with Crippen LogP contribution in [0.5, 0.6) is 5.75 Å². The largest absolute Gasteiger partial charge is 0.497 e. The van der Waals surface area contributed by atoms with E-state index in [0.717, 1.165) is 22.3 Å². The van der Waals surface area contributed by atoms with Crippen molar-refractivity contribution < 1.29 is 17.9 Å². The second-order valence-corrected chi connectivity index (χ2v) is 8.44. The first-order valence-electron chi connectivity index (χ1n) is 11.3. The van der Waals surface area contributed by atoms with Crippen molar-refractivity contribution in [2.45, 2.75) is 19.3 Å². The van der Waals surface area contributed by atoms with E-state index in [1.54, 1.807) is 54.6 Å². The third kappa shape index (κ3) is 4.65. The molecule has 0 atom stereocenters. The van der Waals surface area contributed by atoms with Crippen LogP contribution in [0.2, 0.25) is 0 Å². The van der Waals surface area contributed by atoms with Crippen molar-refractivity contribution in [2.75, 3.05) is 7.11 Å². The van der Waals surface area contributed by atoms with Gasteiger partial charge in [-0.1, -0.05) is 48.5 Å². The fourth-order valence-corrected chi connectivity index (χ4v) is 4.23. The Morgan fingerprint density at radius 3 is 2.32 bits per heavy atom. The number of aromatic nitrogens is 4. The van der Waals surface area contributed by atoms with Gasteiger partial charge in [0, 0.05) is 12.6 Å². The van der Waals surface area contributed by atoms with Crippen molar-refractivity contribution in [1.29, 1.82) is 0 Å². The van der Waals surface area contributed by atoms with Crippen LogP contribution in [-0.4, -0.2) is 25.8 Å². The summed E-state index contributed by atoms with van der Waals surface area (Å²) in [6, 6.07) is 20.7. The summed E-state index contributed by atoms with van der Waals surface area (Å²) < 4.78 is 48.9. The maximum absolute atomic E-state index is 13.6. The molecule has 0 saturated carbocycles. The molecule has 0 fully saturated rings. The Morgan fingerprint density at radius 2 is 1.59 bits per heavy atom.